The van der Waals surface area contributed by atoms with Crippen molar-refractivity contribution in [3.63, 3.8) is 0 Å². The Morgan fingerprint density at radius 1 is 1.16 bits per heavy atom. The van der Waals surface area contributed by atoms with Gasteiger partial charge in [0.05, 0.1) is 0 Å². The number of ketones is 1. The van der Waals surface area contributed by atoms with Crippen molar-refractivity contribution in [1.82, 2.24) is 4.90 Å². The van der Waals surface area contributed by atoms with Crippen molar-refractivity contribution >= 4 is 11.7 Å². The summed E-state index contributed by atoms with van der Waals surface area (Å²) < 4.78 is 0. The summed E-state index contributed by atoms with van der Waals surface area (Å²) in [6.45, 7) is 7.57. The highest BCUT2D eigenvalue weighted by Crippen LogP contribution is 2.11. The van der Waals surface area contributed by atoms with Crippen molar-refractivity contribution in [2.75, 3.05) is 13.1 Å². The molecule has 0 saturated carbocycles. The predicted octanol–water partition coefficient (Wildman–Crippen LogP) is 3.26. The van der Waals surface area contributed by atoms with Crippen molar-refractivity contribution in [3.05, 3.63) is 23.3 Å². The molecule has 1 rings (SSSR count). The molecule has 1 aliphatic heterocycles. The maximum atomic E-state index is 11.8. The molecule has 0 aromatic carbocycles. The fourth-order valence-corrected chi connectivity index (χ4v) is 2.10. The number of allylic oxidation sites excluding steroid dienone is 3. The van der Waals surface area contributed by atoms with Gasteiger partial charge in [-0.15, -0.1) is 0 Å². The van der Waals surface area contributed by atoms with Gasteiger partial charge in [0.25, 0.3) is 5.91 Å². The lowest BCUT2D eigenvalue weighted by Gasteiger charge is -2.17. The van der Waals surface area contributed by atoms with Crippen molar-refractivity contribution in [3.8, 4) is 0 Å². The number of hydrogen-bond acceptors (Lipinski definition) is 2. The maximum Gasteiger partial charge on any atom is 0.290 e. The third kappa shape index (κ3) is 5.86. The van der Waals surface area contributed by atoms with Crippen LogP contribution in [0.4, 0.5) is 0 Å². The zero-order valence-corrected chi connectivity index (χ0v) is 12.4. The van der Waals surface area contributed by atoms with E-state index in [1.165, 1.54) is 11.1 Å². The molecule has 1 heterocycles. The number of carbonyl (C=O) groups excluding carboxylic acids is 2. The summed E-state index contributed by atoms with van der Waals surface area (Å²) in [5.74, 6) is -0.529. The fraction of sp³-hybridized carbons (Fsp3) is 0.625. The number of carbonyl (C=O) groups is 2. The molecule has 0 aromatic rings. The van der Waals surface area contributed by atoms with Crippen molar-refractivity contribution < 1.29 is 9.59 Å². The van der Waals surface area contributed by atoms with Gasteiger partial charge in [0, 0.05) is 19.5 Å². The molecule has 1 fully saturated rings. The smallest absolute Gasteiger partial charge is 0.290 e. The number of amides is 1. The van der Waals surface area contributed by atoms with E-state index in [0.29, 0.717) is 19.5 Å². The molecule has 0 bridgehead atoms. The number of nitrogens with zero attached hydrogens (tertiary/aromatic N) is 1. The molecule has 0 unspecified atom stereocenters. The Bertz CT molecular complexity index is 390. The summed E-state index contributed by atoms with van der Waals surface area (Å²) in [6, 6.07) is 0. The average Bonchev–Trinajstić information content (AvgIpc) is 2.50. The third-order valence-corrected chi connectivity index (χ3v) is 3.36. The molecule has 19 heavy (non-hydrogen) atoms. The highest BCUT2D eigenvalue weighted by molar-refractivity contribution is 6.36. The number of hydrogen-bond donors (Lipinski definition) is 0. The Balaban J connectivity index is 2.46. The van der Waals surface area contributed by atoms with E-state index in [1.54, 1.807) is 4.90 Å². The normalized spacial score (nSPS) is 17.4. The zero-order chi connectivity index (χ0) is 14.3. The van der Waals surface area contributed by atoms with E-state index >= 15 is 0 Å². The van der Waals surface area contributed by atoms with Gasteiger partial charge >= 0.3 is 0 Å². The highest BCUT2D eigenvalue weighted by atomic mass is 16.2. The summed E-state index contributed by atoms with van der Waals surface area (Å²) >= 11 is 0. The van der Waals surface area contributed by atoms with Crippen molar-refractivity contribution in [2.24, 2.45) is 0 Å². The van der Waals surface area contributed by atoms with Gasteiger partial charge in [-0.1, -0.05) is 23.3 Å². The number of likely N-dealkylation sites (tertiary alicyclic amines) is 1. The summed E-state index contributed by atoms with van der Waals surface area (Å²) in [7, 11) is 0. The number of Topliss-reactive ketones (excluding diaryl/α,β-unsaturated/α-hetero) is 1. The largest absolute Gasteiger partial charge is 0.332 e. The van der Waals surface area contributed by atoms with Gasteiger partial charge in [-0.05, 0) is 46.5 Å². The van der Waals surface area contributed by atoms with Gasteiger partial charge < -0.3 is 4.90 Å². The summed E-state index contributed by atoms with van der Waals surface area (Å²) in [5, 5.41) is 0. The van der Waals surface area contributed by atoms with Crippen LogP contribution >= 0.6 is 0 Å². The topological polar surface area (TPSA) is 37.4 Å². The molecule has 0 radical (unpaired) electrons. The van der Waals surface area contributed by atoms with Crippen LogP contribution in [0.5, 0.6) is 0 Å². The maximum absolute atomic E-state index is 11.8. The first-order valence-electron chi connectivity index (χ1n) is 7.12. The van der Waals surface area contributed by atoms with Crippen LogP contribution in [0.25, 0.3) is 0 Å². The van der Waals surface area contributed by atoms with Crippen LogP contribution in [-0.2, 0) is 9.59 Å². The summed E-state index contributed by atoms with van der Waals surface area (Å²) in [5.41, 5.74) is 2.61. The first-order chi connectivity index (χ1) is 9.00. The Morgan fingerprint density at radius 3 is 2.58 bits per heavy atom. The van der Waals surface area contributed by atoms with Crippen molar-refractivity contribution in [2.45, 2.75) is 52.9 Å². The van der Waals surface area contributed by atoms with E-state index in [-0.39, 0.29) is 11.7 Å². The second-order valence-corrected chi connectivity index (χ2v) is 5.50. The molecular weight excluding hydrogens is 238 g/mol. The van der Waals surface area contributed by atoms with Crippen LogP contribution in [0.15, 0.2) is 23.3 Å². The molecule has 106 valence electrons. The van der Waals surface area contributed by atoms with Crippen LogP contribution in [0, 0.1) is 0 Å². The summed E-state index contributed by atoms with van der Waals surface area (Å²) in [6.07, 6.45) is 8.54. The Hall–Kier alpha value is -1.38. The molecule has 1 amide bonds. The lowest BCUT2D eigenvalue weighted by atomic mass is 10.1. The molecule has 0 atom stereocenters. The molecule has 0 aliphatic carbocycles. The molecule has 0 N–H and O–H groups in total. The highest BCUT2D eigenvalue weighted by Gasteiger charge is 2.23. The third-order valence-electron chi connectivity index (χ3n) is 3.36. The molecule has 0 aromatic heterocycles. The Kier molecular flexibility index (Phi) is 6.54. The molecule has 1 aliphatic rings. The van der Waals surface area contributed by atoms with E-state index in [9.17, 15) is 9.59 Å². The zero-order valence-electron chi connectivity index (χ0n) is 12.4. The van der Waals surface area contributed by atoms with E-state index in [2.05, 4.69) is 32.9 Å². The lowest BCUT2D eigenvalue weighted by Crippen LogP contribution is -2.35. The van der Waals surface area contributed by atoms with Crippen LogP contribution in [0.2, 0.25) is 0 Å². The molecule has 3 nitrogen and oxygen atoms in total. The van der Waals surface area contributed by atoms with Crippen LogP contribution < -0.4 is 0 Å². The molecule has 0 spiro atoms. The quantitative estimate of drug-likeness (QED) is 0.564. The second-order valence-electron chi connectivity index (χ2n) is 5.50. The molecular formula is C16H25NO2. The minimum Gasteiger partial charge on any atom is -0.332 e. The molecule has 1 saturated heterocycles. The monoisotopic (exact) mass is 263 g/mol. The Morgan fingerprint density at radius 2 is 1.89 bits per heavy atom. The number of rotatable bonds is 5. The Labute approximate surface area is 116 Å². The van der Waals surface area contributed by atoms with Gasteiger partial charge in [-0.3, -0.25) is 9.59 Å². The summed E-state index contributed by atoms with van der Waals surface area (Å²) in [4.78, 5) is 25.0. The average molecular weight is 263 g/mol. The van der Waals surface area contributed by atoms with E-state index in [1.807, 2.05) is 0 Å². The van der Waals surface area contributed by atoms with Crippen molar-refractivity contribution in [1.29, 1.82) is 0 Å². The van der Waals surface area contributed by atoms with Gasteiger partial charge in [0.1, 0.15) is 0 Å². The van der Waals surface area contributed by atoms with Crippen LogP contribution in [-0.4, -0.2) is 29.7 Å². The van der Waals surface area contributed by atoms with E-state index in [4.69, 9.17) is 0 Å². The first kappa shape index (κ1) is 15.7. The minimum absolute atomic E-state index is 0.229. The SMILES string of the molecule is CC(C)=CCCC(C)=CCN1CCCCC(=O)C1=O. The van der Waals surface area contributed by atoms with Gasteiger partial charge in [-0.2, -0.15) is 0 Å². The predicted molar refractivity (Wildman–Crippen MR) is 77.9 cm³/mol. The first-order valence-corrected chi connectivity index (χ1v) is 7.12. The fourth-order valence-electron chi connectivity index (χ4n) is 2.10. The van der Waals surface area contributed by atoms with Gasteiger partial charge in [0.2, 0.25) is 5.78 Å². The van der Waals surface area contributed by atoms with E-state index < -0.39 is 0 Å². The van der Waals surface area contributed by atoms with Crippen LogP contribution in [0.3, 0.4) is 0 Å². The minimum atomic E-state index is -0.300. The second kappa shape index (κ2) is 7.93. The van der Waals surface area contributed by atoms with Gasteiger partial charge in [0.15, 0.2) is 0 Å². The lowest BCUT2D eigenvalue weighted by molar-refractivity contribution is -0.143. The van der Waals surface area contributed by atoms with Crippen LogP contribution in [0.1, 0.15) is 52.9 Å². The molecule has 3 heteroatoms. The van der Waals surface area contributed by atoms with E-state index in [0.717, 1.165) is 25.7 Å². The van der Waals surface area contributed by atoms with Gasteiger partial charge in [-0.25, -0.2) is 0 Å². The standard InChI is InChI=1S/C16H25NO2/c1-13(2)7-6-8-14(3)10-12-17-11-5-4-9-15(18)16(17)19/h7,10H,4-6,8-9,11-12H2,1-3H3.